The van der Waals surface area contributed by atoms with E-state index in [0.717, 1.165) is 51.6 Å². The molecule has 0 spiro atoms. The molecule has 2 fully saturated rings. The fourth-order valence-corrected chi connectivity index (χ4v) is 5.00. The molecule has 0 aromatic heterocycles. The third-order valence-electron chi connectivity index (χ3n) is 4.98. The van der Waals surface area contributed by atoms with Gasteiger partial charge < -0.3 is 10.4 Å². The first-order chi connectivity index (χ1) is 10.0. The SMILES string of the molecule is CCCNC1(CO)CCCC(N2CCCS(=O)(=O)CC2)C1. The molecule has 5 nitrogen and oxygen atoms in total. The van der Waals surface area contributed by atoms with Gasteiger partial charge in [0, 0.05) is 18.1 Å². The van der Waals surface area contributed by atoms with Crippen LogP contribution < -0.4 is 5.32 Å². The highest BCUT2D eigenvalue weighted by molar-refractivity contribution is 7.91. The van der Waals surface area contributed by atoms with Crippen molar-refractivity contribution in [2.75, 3.05) is 37.7 Å². The molecule has 21 heavy (non-hydrogen) atoms. The van der Waals surface area contributed by atoms with Crippen LogP contribution in [0.3, 0.4) is 0 Å². The quantitative estimate of drug-likeness (QED) is 0.784. The van der Waals surface area contributed by atoms with Gasteiger partial charge in [0.25, 0.3) is 0 Å². The summed E-state index contributed by atoms with van der Waals surface area (Å²) in [6, 6.07) is 0.406. The van der Waals surface area contributed by atoms with Crippen molar-refractivity contribution in [2.45, 2.75) is 57.0 Å². The van der Waals surface area contributed by atoms with Crippen molar-refractivity contribution in [1.29, 1.82) is 0 Å². The van der Waals surface area contributed by atoms with Crippen molar-refractivity contribution in [3.8, 4) is 0 Å². The average Bonchev–Trinajstić information content (AvgIpc) is 2.66. The van der Waals surface area contributed by atoms with Gasteiger partial charge in [-0.15, -0.1) is 0 Å². The van der Waals surface area contributed by atoms with Crippen molar-refractivity contribution >= 4 is 9.84 Å². The Bertz CT molecular complexity index is 427. The number of hydrogen-bond donors (Lipinski definition) is 2. The second-order valence-electron chi connectivity index (χ2n) is 6.66. The van der Waals surface area contributed by atoms with Gasteiger partial charge in [-0.3, -0.25) is 4.90 Å². The van der Waals surface area contributed by atoms with Crippen LogP contribution >= 0.6 is 0 Å². The van der Waals surface area contributed by atoms with E-state index in [2.05, 4.69) is 17.1 Å². The number of aliphatic hydroxyl groups is 1. The van der Waals surface area contributed by atoms with Crippen LogP contribution in [0.25, 0.3) is 0 Å². The first-order valence-electron chi connectivity index (χ1n) is 8.31. The summed E-state index contributed by atoms with van der Waals surface area (Å²) in [7, 11) is -2.85. The van der Waals surface area contributed by atoms with E-state index in [9.17, 15) is 13.5 Å². The molecule has 124 valence electrons. The maximum absolute atomic E-state index is 11.7. The lowest BCUT2D eigenvalue weighted by Gasteiger charge is -2.44. The Balaban J connectivity index is 1.99. The fraction of sp³-hybridized carbons (Fsp3) is 1.00. The summed E-state index contributed by atoms with van der Waals surface area (Å²) >= 11 is 0. The van der Waals surface area contributed by atoms with E-state index in [0.29, 0.717) is 18.3 Å². The van der Waals surface area contributed by atoms with Gasteiger partial charge in [-0.05, 0) is 51.6 Å². The third-order valence-corrected chi connectivity index (χ3v) is 6.69. The summed E-state index contributed by atoms with van der Waals surface area (Å²) in [5.74, 6) is 0.619. The molecular weight excluding hydrogens is 288 g/mol. The lowest BCUT2D eigenvalue weighted by Crippen LogP contribution is -2.56. The Hall–Kier alpha value is -0.170. The highest BCUT2D eigenvalue weighted by Gasteiger charge is 2.38. The second-order valence-corrected chi connectivity index (χ2v) is 8.96. The van der Waals surface area contributed by atoms with Crippen LogP contribution in [0.5, 0.6) is 0 Å². The molecule has 0 radical (unpaired) electrons. The largest absolute Gasteiger partial charge is 0.394 e. The van der Waals surface area contributed by atoms with Gasteiger partial charge in [0.15, 0.2) is 9.84 Å². The molecule has 1 aliphatic carbocycles. The maximum atomic E-state index is 11.7. The molecule has 6 heteroatoms. The van der Waals surface area contributed by atoms with E-state index in [1.807, 2.05) is 0 Å². The van der Waals surface area contributed by atoms with Crippen LogP contribution in [0.15, 0.2) is 0 Å². The molecule has 0 amide bonds. The van der Waals surface area contributed by atoms with Gasteiger partial charge in [0.1, 0.15) is 0 Å². The monoisotopic (exact) mass is 318 g/mol. The fourth-order valence-electron chi connectivity index (χ4n) is 3.72. The second kappa shape index (κ2) is 7.40. The molecular formula is C15H30N2O3S. The van der Waals surface area contributed by atoms with E-state index in [1.54, 1.807) is 0 Å². The minimum absolute atomic E-state index is 0.163. The molecule has 0 aromatic rings. The van der Waals surface area contributed by atoms with Gasteiger partial charge in [-0.2, -0.15) is 0 Å². The van der Waals surface area contributed by atoms with Gasteiger partial charge in [0.2, 0.25) is 0 Å². The number of nitrogens with one attached hydrogen (secondary N) is 1. The Labute approximate surface area is 129 Å². The molecule has 1 aliphatic heterocycles. The van der Waals surface area contributed by atoms with E-state index in [4.69, 9.17) is 0 Å². The van der Waals surface area contributed by atoms with Crippen LogP contribution in [0.4, 0.5) is 0 Å². The first kappa shape index (κ1) is 17.2. The van der Waals surface area contributed by atoms with Crippen molar-refractivity contribution in [1.82, 2.24) is 10.2 Å². The third kappa shape index (κ3) is 4.65. The van der Waals surface area contributed by atoms with Gasteiger partial charge in [-0.25, -0.2) is 8.42 Å². The standard InChI is InChI=1S/C15H30N2O3S/c1-2-7-16-15(13-18)6-3-5-14(12-15)17-8-4-10-21(19,20)11-9-17/h14,16,18H,2-13H2,1H3. The molecule has 0 aromatic carbocycles. The molecule has 0 bridgehead atoms. The highest BCUT2D eigenvalue weighted by atomic mass is 32.2. The maximum Gasteiger partial charge on any atom is 0.151 e. The zero-order valence-electron chi connectivity index (χ0n) is 13.2. The molecule has 2 rings (SSSR count). The van der Waals surface area contributed by atoms with Crippen molar-refractivity contribution in [3.05, 3.63) is 0 Å². The molecule has 2 atom stereocenters. The average molecular weight is 318 g/mol. The van der Waals surface area contributed by atoms with Gasteiger partial charge >= 0.3 is 0 Å². The van der Waals surface area contributed by atoms with E-state index in [-0.39, 0.29) is 17.9 Å². The van der Waals surface area contributed by atoms with Crippen LogP contribution in [0.1, 0.15) is 45.4 Å². The Morgan fingerprint density at radius 1 is 1.29 bits per heavy atom. The topological polar surface area (TPSA) is 69.6 Å². The lowest BCUT2D eigenvalue weighted by atomic mass is 9.78. The van der Waals surface area contributed by atoms with E-state index >= 15 is 0 Å². The summed E-state index contributed by atoms with van der Waals surface area (Å²) in [6.45, 7) is 4.77. The lowest BCUT2D eigenvalue weighted by molar-refractivity contribution is 0.0624. The molecule has 2 aliphatic rings. The zero-order valence-corrected chi connectivity index (χ0v) is 14.0. The summed E-state index contributed by atoms with van der Waals surface area (Å²) in [6.07, 6.45) is 5.98. The Morgan fingerprint density at radius 2 is 2.10 bits per heavy atom. The number of rotatable bonds is 5. The molecule has 1 heterocycles. The molecule has 2 N–H and O–H groups in total. The van der Waals surface area contributed by atoms with Crippen molar-refractivity contribution < 1.29 is 13.5 Å². The Kier molecular flexibility index (Phi) is 6.05. The zero-order chi connectivity index (χ0) is 15.3. The first-order valence-corrected chi connectivity index (χ1v) is 10.1. The predicted octanol–water partition coefficient (Wildman–Crippen LogP) is 0.780. The minimum Gasteiger partial charge on any atom is -0.394 e. The predicted molar refractivity (Wildman–Crippen MR) is 85.2 cm³/mol. The molecule has 1 saturated heterocycles. The highest BCUT2D eigenvalue weighted by Crippen LogP contribution is 2.31. The number of hydrogen-bond acceptors (Lipinski definition) is 5. The summed E-state index contributed by atoms with van der Waals surface area (Å²) in [5.41, 5.74) is -0.163. The van der Waals surface area contributed by atoms with Crippen LogP contribution in [0.2, 0.25) is 0 Å². The van der Waals surface area contributed by atoms with Crippen LogP contribution in [-0.2, 0) is 9.84 Å². The summed E-state index contributed by atoms with van der Waals surface area (Å²) in [4.78, 5) is 2.35. The van der Waals surface area contributed by atoms with E-state index in [1.165, 1.54) is 0 Å². The van der Waals surface area contributed by atoms with Crippen LogP contribution in [-0.4, -0.2) is 67.8 Å². The molecule has 1 saturated carbocycles. The van der Waals surface area contributed by atoms with Crippen molar-refractivity contribution in [3.63, 3.8) is 0 Å². The molecule has 2 unspecified atom stereocenters. The van der Waals surface area contributed by atoms with E-state index < -0.39 is 9.84 Å². The Morgan fingerprint density at radius 3 is 2.81 bits per heavy atom. The minimum atomic E-state index is -2.85. The summed E-state index contributed by atoms with van der Waals surface area (Å²) in [5, 5.41) is 13.4. The number of sulfone groups is 1. The van der Waals surface area contributed by atoms with Gasteiger partial charge in [0.05, 0.1) is 18.1 Å². The summed E-state index contributed by atoms with van der Waals surface area (Å²) < 4.78 is 23.5. The smallest absolute Gasteiger partial charge is 0.151 e. The number of aliphatic hydroxyl groups excluding tert-OH is 1. The normalized spacial score (nSPS) is 34.5. The van der Waals surface area contributed by atoms with Crippen molar-refractivity contribution in [2.24, 2.45) is 0 Å². The van der Waals surface area contributed by atoms with Crippen LogP contribution in [0, 0.1) is 0 Å². The van der Waals surface area contributed by atoms with Gasteiger partial charge in [-0.1, -0.05) is 6.92 Å². The number of nitrogens with zero attached hydrogens (tertiary/aromatic N) is 1.